The Kier molecular flexibility index (Phi) is 14.4. The molecule has 0 bridgehead atoms. The number of nitrogens with zero attached hydrogens (tertiary/aromatic N) is 5. The van der Waals surface area contributed by atoms with Crippen molar-refractivity contribution in [3.8, 4) is 0 Å². The molecule has 2 unspecified atom stereocenters. The molecule has 0 aromatic rings. The lowest BCUT2D eigenvalue weighted by Crippen LogP contribution is -2.29. The maximum Gasteiger partial charge on any atom is 0.102 e. The van der Waals surface area contributed by atoms with Gasteiger partial charge in [-0.3, -0.25) is 40.8 Å². The van der Waals surface area contributed by atoms with E-state index in [1.165, 1.54) is 5.71 Å². The van der Waals surface area contributed by atoms with Crippen LogP contribution in [0.2, 0.25) is 0 Å². The van der Waals surface area contributed by atoms with Crippen LogP contribution in [-0.4, -0.2) is 87.1 Å². The van der Waals surface area contributed by atoms with Crippen molar-refractivity contribution in [3.05, 3.63) is 0 Å². The van der Waals surface area contributed by atoms with Crippen LogP contribution < -0.4 is 16.0 Å². The van der Waals surface area contributed by atoms with Crippen molar-refractivity contribution in [2.45, 2.75) is 73.6 Å². The van der Waals surface area contributed by atoms with Gasteiger partial charge in [0.05, 0.1) is 20.0 Å². The van der Waals surface area contributed by atoms with Crippen molar-refractivity contribution in [2.75, 3.05) is 39.6 Å². The molecule has 8 nitrogen and oxygen atoms in total. The highest BCUT2D eigenvalue weighted by molar-refractivity contribution is 5.89. The minimum atomic E-state index is 0.384. The van der Waals surface area contributed by atoms with Crippen LogP contribution in [0.4, 0.5) is 0 Å². The summed E-state index contributed by atoms with van der Waals surface area (Å²) in [6, 6.07) is 1.17. The average Bonchev–Trinajstić information content (AvgIpc) is 3.56. The van der Waals surface area contributed by atoms with E-state index >= 15 is 0 Å². The molecule has 0 fully saturated rings. The lowest BCUT2D eigenvalue weighted by atomic mass is 10.1. The molecule has 8 heteroatoms. The largest absolute Gasteiger partial charge is 0.293 e. The maximum atomic E-state index is 4.24. The monoisotopic (exact) mass is 448 g/mol. The average molecular weight is 449 g/mol. The summed E-state index contributed by atoms with van der Waals surface area (Å²) in [4.78, 5) is 18.9. The van der Waals surface area contributed by atoms with Crippen molar-refractivity contribution >= 4 is 24.4 Å². The molecule has 32 heavy (non-hydrogen) atoms. The lowest BCUT2D eigenvalue weighted by molar-refractivity contribution is 0.280. The summed E-state index contributed by atoms with van der Waals surface area (Å²) in [7, 11) is 0. The van der Waals surface area contributed by atoms with Crippen LogP contribution in [0.3, 0.4) is 0 Å². The van der Waals surface area contributed by atoms with E-state index < -0.39 is 0 Å². The zero-order chi connectivity index (χ0) is 23.9. The molecule has 184 valence electrons. The predicted molar refractivity (Wildman–Crippen MR) is 141 cm³/mol. The van der Waals surface area contributed by atoms with Crippen molar-refractivity contribution in [2.24, 2.45) is 37.7 Å². The molecule has 0 amide bonds. The van der Waals surface area contributed by atoms with E-state index in [-0.39, 0.29) is 0 Å². The molecule has 0 aromatic carbocycles. The third-order valence-electron chi connectivity index (χ3n) is 5.52. The highest BCUT2D eigenvalue weighted by atomic mass is 15.2. The molecular weight excluding hydrogens is 400 g/mol. The lowest BCUT2D eigenvalue weighted by Gasteiger charge is -2.16. The van der Waals surface area contributed by atoms with Gasteiger partial charge in [-0.05, 0) is 31.6 Å². The van der Waals surface area contributed by atoms with Gasteiger partial charge in [-0.2, -0.15) is 0 Å². The quantitative estimate of drug-likeness (QED) is 0.617. The third-order valence-corrected chi connectivity index (χ3v) is 5.52. The van der Waals surface area contributed by atoms with Crippen LogP contribution in [-0.2, 0) is 0 Å². The molecule has 4 aliphatic rings. The Morgan fingerprint density at radius 1 is 0.906 bits per heavy atom. The fourth-order valence-electron chi connectivity index (χ4n) is 3.13. The number of hydrogen-bond acceptors (Lipinski definition) is 8. The Hall–Kier alpha value is -1.48. The summed E-state index contributed by atoms with van der Waals surface area (Å²) < 4.78 is 0. The molecule has 0 saturated carbocycles. The molecular formula is C24H48N8. The van der Waals surface area contributed by atoms with Crippen LogP contribution in [0.25, 0.3) is 0 Å². The Morgan fingerprint density at radius 2 is 1.66 bits per heavy atom. The molecule has 0 aromatic heterocycles. The molecule has 2 atom stereocenters. The molecule has 4 heterocycles. The van der Waals surface area contributed by atoms with Gasteiger partial charge in [0, 0.05) is 56.1 Å². The van der Waals surface area contributed by atoms with Crippen molar-refractivity contribution in [1.82, 2.24) is 20.9 Å². The van der Waals surface area contributed by atoms with Gasteiger partial charge >= 0.3 is 0 Å². The minimum Gasteiger partial charge on any atom is -0.293 e. The van der Waals surface area contributed by atoms with E-state index in [4.69, 9.17) is 0 Å². The third kappa shape index (κ3) is 11.9. The second-order valence-corrected chi connectivity index (χ2v) is 9.65. The molecule has 4 aliphatic heterocycles. The van der Waals surface area contributed by atoms with Crippen LogP contribution >= 0.6 is 0 Å². The first-order valence-electron chi connectivity index (χ1n) is 12.2. The summed E-state index contributed by atoms with van der Waals surface area (Å²) in [6.07, 6.45) is 6.28. The number of rotatable bonds is 4. The van der Waals surface area contributed by atoms with Gasteiger partial charge in [0.1, 0.15) is 6.17 Å². The van der Waals surface area contributed by atoms with E-state index in [9.17, 15) is 0 Å². The van der Waals surface area contributed by atoms with Gasteiger partial charge < -0.3 is 0 Å². The Bertz CT molecular complexity index is 573. The molecule has 0 aliphatic carbocycles. The minimum absolute atomic E-state index is 0.384. The maximum absolute atomic E-state index is 4.24. The zero-order valence-electron chi connectivity index (χ0n) is 21.7. The molecule has 0 saturated heterocycles. The molecule has 3 N–H and O–H groups in total. The summed E-state index contributed by atoms with van der Waals surface area (Å²) >= 11 is 0. The van der Waals surface area contributed by atoms with Gasteiger partial charge in [0.2, 0.25) is 0 Å². The van der Waals surface area contributed by atoms with E-state index in [1.807, 2.05) is 18.6 Å². The standard InChI is InChI=1S/4C6H12N2/c2*1-5(2)6-3-7-4-8-6;1-6(2)8-4-3-7-5-8;1-5(2)6-7-3-4-8-6/h5,7H,3-4H2,1-2H3;3,5-6,8H,4H2,1-2H3;3,6H,4-5H2,1-2H3;3,5-6,8H,4H2,1-2H3. The highest BCUT2D eigenvalue weighted by Crippen LogP contribution is 2.04. The topological polar surface area (TPSA) is 88.8 Å². The van der Waals surface area contributed by atoms with Gasteiger partial charge in [-0.25, -0.2) is 0 Å². The van der Waals surface area contributed by atoms with Crippen LogP contribution in [0.5, 0.6) is 0 Å². The van der Waals surface area contributed by atoms with Crippen molar-refractivity contribution in [3.63, 3.8) is 0 Å². The van der Waals surface area contributed by atoms with Gasteiger partial charge in [0.25, 0.3) is 0 Å². The number of nitrogens with one attached hydrogen (secondary N) is 3. The van der Waals surface area contributed by atoms with Gasteiger partial charge in [-0.1, -0.05) is 41.5 Å². The first kappa shape index (κ1) is 28.6. The molecule has 4 rings (SSSR count). The zero-order valence-corrected chi connectivity index (χ0v) is 21.7. The highest BCUT2D eigenvalue weighted by Gasteiger charge is 2.13. The van der Waals surface area contributed by atoms with E-state index in [0.717, 1.165) is 39.6 Å². The molecule has 0 spiro atoms. The van der Waals surface area contributed by atoms with Crippen LogP contribution in [0.1, 0.15) is 55.4 Å². The fourth-order valence-corrected chi connectivity index (χ4v) is 3.13. The Labute approximate surface area is 196 Å². The second-order valence-electron chi connectivity index (χ2n) is 9.65. The summed E-state index contributed by atoms with van der Waals surface area (Å²) in [5.41, 5.74) is 1.31. The fraction of sp³-hybridized carbons (Fsp3) is 0.833. The first-order chi connectivity index (χ1) is 15.2. The first-order valence-corrected chi connectivity index (χ1v) is 12.2. The van der Waals surface area contributed by atoms with Gasteiger partial charge in [0.15, 0.2) is 0 Å². The second kappa shape index (κ2) is 16.2. The van der Waals surface area contributed by atoms with E-state index in [2.05, 4.69) is 96.2 Å². The van der Waals surface area contributed by atoms with E-state index in [0.29, 0.717) is 36.0 Å². The smallest absolute Gasteiger partial charge is 0.102 e. The van der Waals surface area contributed by atoms with Crippen molar-refractivity contribution < 1.29 is 0 Å². The van der Waals surface area contributed by atoms with Crippen molar-refractivity contribution in [1.29, 1.82) is 0 Å². The summed E-state index contributed by atoms with van der Waals surface area (Å²) in [5.74, 6) is 1.94. The number of aliphatic imine (C=N–C) groups is 4. The SMILES string of the molecule is CC(C)C1=NCNC1.CC(C)C1C=NCN1.CC(C)C1N=CCN1.CC(C)N1CC=NC1. The number of hydrogen-bond donors (Lipinski definition) is 3. The molecule has 0 radical (unpaired) electrons. The Balaban J connectivity index is 0.000000213. The van der Waals surface area contributed by atoms with Crippen LogP contribution in [0.15, 0.2) is 20.0 Å². The van der Waals surface area contributed by atoms with Crippen LogP contribution in [0, 0.1) is 17.8 Å². The summed E-state index contributed by atoms with van der Waals surface area (Å²) in [5, 5.41) is 9.62. The van der Waals surface area contributed by atoms with E-state index in [1.54, 1.807) is 0 Å². The Morgan fingerprint density at radius 3 is 1.91 bits per heavy atom. The predicted octanol–water partition coefficient (Wildman–Crippen LogP) is 2.67. The normalized spacial score (nSPS) is 23.9. The van der Waals surface area contributed by atoms with Gasteiger partial charge in [-0.15, -0.1) is 0 Å². The summed E-state index contributed by atoms with van der Waals surface area (Å²) in [6.45, 7) is 23.0.